The first kappa shape index (κ1) is 10.6. The van der Waals surface area contributed by atoms with Gasteiger partial charge in [-0.1, -0.05) is 0 Å². The minimum Gasteiger partial charge on any atom is -0.381 e. The van der Waals surface area contributed by atoms with Gasteiger partial charge in [-0.25, -0.2) is 0 Å². The summed E-state index contributed by atoms with van der Waals surface area (Å²) in [5.74, 6) is 1.91. The summed E-state index contributed by atoms with van der Waals surface area (Å²) in [6, 6.07) is 0. The van der Waals surface area contributed by atoms with Gasteiger partial charge in [0.25, 0.3) is 0 Å². The fraction of sp³-hybridized carbons (Fsp3) is 1.00. The number of rotatable bonds is 7. The molecule has 3 heteroatoms. The third-order valence-corrected chi connectivity index (χ3v) is 2.02. The maximum atomic E-state index is 5.46. The molecule has 0 aliphatic rings. The van der Waals surface area contributed by atoms with Gasteiger partial charge in [-0.05, 0) is 24.9 Å². The van der Waals surface area contributed by atoms with Crippen molar-refractivity contribution in [3.8, 4) is 0 Å². The quantitative estimate of drug-likeness (QED) is 0.442. The van der Waals surface area contributed by atoms with E-state index in [4.69, 9.17) is 16.3 Å². The smallest absolute Gasteiger partial charge is 0.0477 e. The van der Waals surface area contributed by atoms with Crippen molar-refractivity contribution in [1.29, 1.82) is 0 Å². The van der Waals surface area contributed by atoms with Gasteiger partial charge in [-0.2, -0.15) is 11.8 Å². The van der Waals surface area contributed by atoms with Crippen molar-refractivity contribution in [1.82, 2.24) is 0 Å². The molecule has 0 aliphatic carbocycles. The van der Waals surface area contributed by atoms with Crippen molar-refractivity contribution in [2.45, 2.75) is 12.8 Å². The summed E-state index contributed by atoms with van der Waals surface area (Å²) >= 11 is 7.32. The molecule has 0 radical (unpaired) electrons. The zero-order valence-corrected chi connectivity index (χ0v) is 8.01. The number of thioether (sulfide) groups is 1. The van der Waals surface area contributed by atoms with E-state index in [1.54, 1.807) is 0 Å². The van der Waals surface area contributed by atoms with Crippen molar-refractivity contribution in [3.63, 3.8) is 0 Å². The predicted molar refractivity (Wildman–Crippen MR) is 49.2 cm³/mol. The molecule has 0 amide bonds. The Morgan fingerprint density at radius 2 is 2.00 bits per heavy atom. The summed E-state index contributed by atoms with van der Waals surface area (Å²) in [5.41, 5.74) is 0. The molecule has 0 rings (SSSR count). The van der Waals surface area contributed by atoms with Crippen molar-refractivity contribution in [2.75, 3.05) is 31.1 Å². The molecule has 0 N–H and O–H groups in total. The van der Waals surface area contributed by atoms with E-state index in [1.165, 1.54) is 5.75 Å². The second-order valence-corrected chi connectivity index (χ2v) is 3.36. The Balaban J connectivity index is 2.65. The lowest BCUT2D eigenvalue weighted by Crippen LogP contribution is -1.98. The fourth-order valence-electron chi connectivity index (χ4n) is 0.564. The molecule has 0 fully saturated rings. The molecule has 0 spiro atoms. The van der Waals surface area contributed by atoms with Gasteiger partial charge in [0.15, 0.2) is 0 Å². The van der Waals surface area contributed by atoms with E-state index >= 15 is 0 Å². The van der Waals surface area contributed by atoms with Crippen LogP contribution in [-0.2, 0) is 4.74 Å². The van der Waals surface area contributed by atoms with Crippen molar-refractivity contribution >= 4 is 23.4 Å². The van der Waals surface area contributed by atoms with E-state index in [9.17, 15) is 0 Å². The van der Waals surface area contributed by atoms with Gasteiger partial charge in [0, 0.05) is 19.1 Å². The lowest BCUT2D eigenvalue weighted by molar-refractivity contribution is 0.136. The lowest BCUT2D eigenvalue weighted by Gasteiger charge is -2.00. The Hall–Kier alpha value is 0.600. The van der Waals surface area contributed by atoms with Crippen molar-refractivity contribution in [3.05, 3.63) is 0 Å². The summed E-state index contributed by atoms with van der Waals surface area (Å²) in [5, 5.41) is 0. The van der Waals surface area contributed by atoms with Crippen LogP contribution in [0.1, 0.15) is 12.8 Å². The zero-order chi connectivity index (χ0) is 7.66. The summed E-state index contributed by atoms with van der Waals surface area (Å²) in [7, 11) is 0. The maximum Gasteiger partial charge on any atom is 0.0477 e. The highest BCUT2D eigenvalue weighted by Gasteiger charge is 1.87. The van der Waals surface area contributed by atoms with Crippen LogP contribution in [0.3, 0.4) is 0 Å². The Morgan fingerprint density at radius 1 is 1.30 bits per heavy atom. The fourth-order valence-corrected chi connectivity index (χ4v) is 1.08. The van der Waals surface area contributed by atoms with Crippen LogP contribution in [0.15, 0.2) is 0 Å². The highest BCUT2D eigenvalue weighted by Crippen LogP contribution is 1.95. The molecule has 0 saturated carbocycles. The van der Waals surface area contributed by atoms with Crippen LogP contribution in [0.4, 0.5) is 0 Å². The second kappa shape index (κ2) is 9.60. The van der Waals surface area contributed by atoms with Crippen LogP contribution in [0.5, 0.6) is 0 Å². The summed E-state index contributed by atoms with van der Waals surface area (Å²) < 4.78 is 5.28. The van der Waals surface area contributed by atoms with Crippen LogP contribution in [-0.4, -0.2) is 31.1 Å². The molecular weight excluding hydrogens is 168 g/mol. The highest BCUT2D eigenvalue weighted by molar-refractivity contribution is 7.98. The molecule has 0 atom stereocenters. The summed E-state index contributed by atoms with van der Waals surface area (Å²) in [6.45, 7) is 1.70. The molecule has 0 aromatic rings. The van der Waals surface area contributed by atoms with Crippen molar-refractivity contribution < 1.29 is 4.74 Å². The molecule has 0 aromatic carbocycles. The number of halogens is 1. The first-order valence-electron chi connectivity index (χ1n) is 3.54. The minimum absolute atomic E-state index is 0.711. The van der Waals surface area contributed by atoms with Gasteiger partial charge in [0.1, 0.15) is 0 Å². The molecular formula is C7H15ClOS. The molecule has 10 heavy (non-hydrogen) atoms. The Labute approximate surface area is 72.5 Å². The molecule has 0 saturated heterocycles. The number of hydrogen-bond donors (Lipinski definition) is 0. The largest absolute Gasteiger partial charge is 0.381 e. The monoisotopic (exact) mass is 182 g/mol. The van der Waals surface area contributed by atoms with Gasteiger partial charge in [-0.15, -0.1) is 11.6 Å². The average molecular weight is 183 g/mol. The third-order valence-electron chi connectivity index (χ3n) is 1.06. The van der Waals surface area contributed by atoms with Gasteiger partial charge >= 0.3 is 0 Å². The van der Waals surface area contributed by atoms with Crippen LogP contribution < -0.4 is 0 Å². The molecule has 0 aliphatic heterocycles. The van der Waals surface area contributed by atoms with E-state index in [1.807, 2.05) is 11.8 Å². The predicted octanol–water partition coefficient (Wildman–Crippen LogP) is 2.39. The zero-order valence-electron chi connectivity index (χ0n) is 6.44. The third kappa shape index (κ3) is 8.60. The van der Waals surface area contributed by atoms with E-state index in [0.29, 0.717) is 5.88 Å². The number of alkyl halides is 1. The Kier molecular flexibility index (Phi) is 10.2. The van der Waals surface area contributed by atoms with Gasteiger partial charge in [-0.3, -0.25) is 0 Å². The van der Waals surface area contributed by atoms with E-state index in [-0.39, 0.29) is 0 Å². The minimum atomic E-state index is 0.711. The van der Waals surface area contributed by atoms with E-state index < -0.39 is 0 Å². The molecule has 62 valence electrons. The van der Waals surface area contributed by atoms with Crippen molar-refractivity contribution in [2.24, 2.45) is 0 Å². The highest BCUT2D eigenvalue weighted by atomic mass is 35.5. The van der Waals surface area contributed by atoms with Crippen LogP contribution in [0.2, 0.25) is 0 Å². The first-order valence-corrected chi connectivity index (χ1v) is 5.47. The van der Waals surface area contributed by atoms with Gasteiger partial charge < -0.3 is 4.74 Å². The number of ether oxygens (including phenoxy) is 1. The standard InChI is InChI=1S/C7H15ClOS/c1-10-7-3-6-9-5-2-4-8/h2-7H2,1H3. The Bertz CT molecular complexity index is 53.6. The number of hydrogen-bond acceptors (Lipinski definition) is 2. The summed E-state index contributed by atoms with van der Waals surface area (Å²) in [6.07, 6.45) is 4.24. The van der Waals surface area contributed by atoms with Gasteiger partial charge in [0.05, 0.1) is 0 Å². The normalized spacial score (nSPS) is 10.2. The molecule has 0 aromatic heterocycles. The SMILES string of the molecule is CSCCCOCCCCl. The average Bonchev–Trinajstić information content (AvgIpc) is 1.97. The summed E-state index contributed by atoms with van der Waals surface area (Å²) in [4.78, 5) is 0. The molecule has 0 bridgehead atoms. The molecule has 0 unspecified atom stereocenters. The Morgan fingerprint density at radius 3 is 2.60 bits per heavy atom. The van der Waals surface area contributed by atoms with Crippen LogP contribution >= 0.6 is 23.4 Å². The molecule has 0 heterocycles. The van der Waals surface area contributed by atoms with Crippen LogP contribution in [0, 0.1) is 0 Å². The lowest BCUT2D eigenvalue weighted by atomic mass is 10.5. The van der Waals surface area contributed by atoms with E-state index in [0.717, 1.165) is 26.1 Å². The molecule has 1 nitrogen and oxygen atoms in total. The van der Waals surface area contributed by atoms with Gasteiger partial charge in [0.2, 0.25) is 0 Å². The second-order valence-electron chi connectivity index (χ2n) is 2.00. The topological polar surface area (TPSA) is 9.23 Å². The maximum absolute atomic E-state index is 5.46. The van der Waals surface area contributed by atoms with Crippen LogP contribution in [0.25, 0.3) is 0 Å². The first-order chi connectivity index (χ1) is 4.91. The van der Waals surface area contributed by atoms with E-state index in [2.05, 4.69) is 6.26 Å².